The molecule has 0 fully saturated rings. The molecule has 0 aliphatic heterocycles. The van der Waals surface area contributed by atoms with Crippen LogP contribution in [0.15, 0.2) is 83.0 Å². The fourth-order valence-corrected chi connectivity index (χ4v) is 3.27. The Bertz CT molecular complexity index is 1300. The highest BCUT2D eigenvalue weighted by molar-refractivity contribution is 6.09. The number of hydrogen-bond acceptors (Lipinski definition) is 4. The molecule has 124 valence electrons. The van der Waals surface area contributed by atoms with Gasteiger partial charge in [0, 0.05) is 16.2 Å². The van der Waals surface area contributed by atoms with Crippen molar-refractivity contribution in [1.82, 2.24) is 9.97 Å². The minimum Gasteiger partial charge on any atom is -0.493 e. The quantitative estimate of drug-likeness (QED) is 0.306. The summed E-state index contributed by atoms with van der Waals surface area (Å²) in [5.74, 6) is 0.532. The van der Waals surface area contributed by atoms with Crippen molar-refractivity contribution in [2.24, 2.45) is 10.2 Å². The Morgan fingerprint density at radius 2 is 1.35 bits per heavy atom. The number of fused-ring (bicyclic) bond motifs is 4. The minimum absolute atomic E-state index is 0.0000414. The fraction of sp³-hybridized carbons (Fsp3) is 0. The van der Waals surface area contributed by atoms with Crippen molar-refractivity contribution in [3.05, 3.63) is 72.8 Å². The van der Waals surface area contributed by atoms with E-state index in [4.69, 9.17) is 0 Å². The first-order valence-corrected chi connectivity index (χ1v) is 8.30. The van der Waals surface area contributed by atoms with E-state index in [1.54, 1.807) is 0 Å². The molecular formula is C21H14N4O. The summed E-state index contributed by atoms with van der Waals surface area (Å²) in [4.78, 5) is 7.57. The topological polar surface area (TPSA) is 73.6 Å². The number of azo groups is 1. The van der Waals surface area contributed by atoms with Crippen molar-refractivity contribution in [3.8, 4) is 5.88 Å². The van der Waals surface area contributed by atoms with Gasteiger partial charge in [0.2, 0.25) is 5.88 Å². The molecule has 2 N–H and O–H groups in total. The molecule has 5 aromatic rings. The number of benzene rings is 3. The Labute approximate surface area is 148 Å². The second-order valence-corrected chi connectivity index (χ2v) is 6.07. The summed E-state index contributed by atoms with van der Waals surface area (Å²) < 4.78 is 0. The van der Waals surface area contributed by atoms with E-state index in [2.05, 4.69) is 32.3 Å². The van der Waals surface area contributed by atoms with Crippen molar-refractivity contribution in [3.63, 3.8) is 0 Å². The van der Waals surface area contributed by atoms with Crippen molar-refractivity contribution in [2.75, 3.05) is 0 Å². The van der Waals surface area contributed by atoms with Crippen LogP contribution in [-0.2, 0) is 0 Å². The number of aromatic amines is 1. The lowest BCUT2D eigenvalue weighted by atomic mass is 10.1. The summed E-state index contributed by atoms with van der Waals surface area (Å²) in [7, 11) is 0. The molecule has 0 saturated carbocycles. The predicted octanol–water partition coefficient (Wildman–Crippen LogP) is 5.99. The van der Waals surface area contributed by atoms with Crippen molar-refractivity contribution in [1.29, 1.82) is 0 Å². The molecular weight excluding hydrogens is 324 g/mol. The summed E-state index contributed by atoms with van der Waals surface area (Å²) in [5.41, 5.74) is 2.10. The highest BCUT2D eigenvalue weighted by Crippen LogP contribution is 2.37. The second kappa shape index (κ2) is 5.67. The minimum atomic E-state index is 0.0000414. The highest BCUT2D eigenvalue weighted by Gasteiger charge is 2.11. The molecule has 0 aliphatic rings. The summed E-state index contributed by atoms with van der Waals surface area (Å²) >= 11 is 0. The van der Waals surface area contributed by atoms with Gasteiger partial charge in [-0.1, -0.05) is 60.7 Å². The third-order valence-electron chi connectivity index (χ3n) is 4.49. The highest BCUT2D eigenvalue weighted by atomic mass is 16.3. The van der Waals surface area contributed by atoms with Gasteiger partial charge in [0.25, 0.3) is 0 Å². The van der Waals surface area contributed by atoms with E-state index in [0.717, 1.165) is 32.6 Å². The van der Waals surface area contributed by atoms with Gasteiger partial charge < -0.3 is 10.1 Å². The van der Waals surface area contributed by atoms with Gasteiger partial charge in [0.05, 0.1) is 11.0 Å². The molecule has 2 heterocycles. The third-order valence-corrected chi connectivity index (χ3v) is 4.49. The molecule has 2 aromatic heterocycles. The number of pyridine rings is 1. The van der Waals surface area contributed by atoms with Crippen LogP contribution >= 0.6 is 0 Å². The van der Waals surface area contributed by atoms with Crippen LogP contribution in [-0.4, -0.2) is 15.1 Å². The van der Waals surface area contributed by atoms with E-state index in [1.165, 1.54) is 0 Å². The molecule has 5 heteroatoms. The molecule has 0 unspecified atom stereocenters. The first kappa shape index (κ1) is 14.6. The normalized spacial score (nSPS) is 11.8. The van der Waals surface area contributed by atoms with Crippen LogP contribution in [0.5, 0.6) is 5.88 Å². The number of hydrogen-bond donors (Lipinski definition) is 2. The zero-order valence-electron chi connectivity index (χ0n) is 13.7. The number of aromatic hydroxyl groups is 1. The largest absolute Gasteiger partial charge is 0.493 e. The molecule has 0 saturated heterocycles. The number of nitrogens with one attached hydrogen (secondary N) is 1. The van der Waals surface area contributed by atoms with Gasteiger partial charge in [-0.2, -0.15) is 0 Å². The maximum absolute atomic E-state index is 10.2. The van der Waals surface area contributed by atoms with Crippen molar-refractivity contribution < 1.29 is 5.11 Å². The molecule has 5 nitrogen and oxygen atoms in total. The van der Waals surface area contributed by atoms with E-state index in [1.807, 2.05) is 60.7 Å². The lowest BCUT2D eigenvalue weighted by Crippen LogP contribution is -1.83. The molecule has 0 spiro atoms. The van der Waals surface area contributed by atoms with Gasteiger partial charge in [0.1, 0.15) is 0 Å². The van der Waals surface area contributed by atoms with Crippen LogP contribution in [0, 0.1) is 0 Å². The van der Waals surface area contributed by atoms with Gasteiger partial charge in [-0.15, -0.1) is 10.2 Å². The maximum atomic E-state index is 10.2. The van der Waals surface area contributed by atoms with E-state index < -0.39 is 0 Å². The predicted molar refractivity (Wildman–Crippen MR) is 103 cm³/mol. The summed E-state index contributed by atoms with van der Waals surface area (Å²) in [6, 6.07) is 23.6. The van der Waals surface area contributed by atoms with Gasteiger partial charge in [-0.25, -0.2) is 4.98 Å². The van der Waals surface area contributed by atoms with E-state index in [-0.39, 0.29) is 5.88 Å². The zero-order valence-corrected chi connectivity index (χ0v) is 13.7. The smallest absolute Gasteiger partial charge is 0.218 e. The summed E-state index contributed by atoms with van der Waals surface area (Å²) in [5, 5.41) is 22.7. The monoisotopic (exact) mass is 338 g/mol. The fourth-order valence-electron chi connectivity index (χ4n) is 3.27. The van der Waals surface area contributed by atoms with Crippen LogP contribution in [0.3, 0.4) is 0 Å². The summed E-state index contributed by atoms with van der Waals surface area (Å²) in [6.45, 7) is 0. The average Bonchev–Trinajstić information content (AvgIpc) is 3.01. The standard InChI is InChI=1S/C21H14N4O/c26-21-19(16-10-4-6-12-18(16)23-21)24-25-20-15-9-2-1-7-13(15)14-8-3-5-11-17(14)22-20/h1-12,23,26H. The molecule has 3 aromatic carbocycles. The SMILES string of the molecule is Oc1[nH]c2ccccc2c1N=Nc1nc2ccccc2c2ccccc12. The van der Waals surface area contributed by atoms with Crippen LogP contribution in [0.25, 0.3) is 32.6 Å². The number of H-pyrrole nitrogens is 1. The van der Waals surface area contributed by atoms with Gasteiger partial charge in [-0.3, -0.25) is 0 Å². The van der Waals surface area contributed by atoms with Crippen LogP contribution in [0.1, 0.15) is 0 Å². The molecule has 0 atom stereocenters. The van der Waals surface area contributed by atoms with Crippen molar-refractivity contribution >= 4 is 44.1 Å². The molecule has 0 bridgehead atoms. The van der Waals surface area contributed by atoms with E-state index in [0.29, 0.717) is 11.5 Å². The van der Waals surface area contributed by atoms with Crippen LogP contribution in [0.4, 0.5) is 11.5 Å². The number of rotatable bonds is 2. The summed E-state index contributed by atoms with van der Waals surface area (Å²) in [6.07, 6.45) is 0. The lowest BCUT2D eigenvalue weighted by molar-refractivity contribution is 0.459. The molecule has 0 amide bonds. The van der Waals surface area contributed by atoms with E-state index >= 15 is 0 Å². The molecule has 26 heavy (non-hydrogen) atoms. The zero-order chi connectivity index (χ0) is 17.5. The number of aromatic nitrogens is 2. The Kier molecular flexibility index (Phi) is 3.18. The third kappa shape index (κ3) is 2.22. The Morgan fingerprint density at radius 1 is 0.692 bits per heavy atom. The van der Waals surface area contributed by atoms with Gasteiger partial charge in [-0.05, 0) is 17.5 Å². The average molecular weight is 338 g/mol. The maximum Gasteiger partial charge on any atom is 0.218 e. The van der Waals surface area contributed by atoms with Gasteiger partial charge >= 0.3 is 0 Å². The first-order chi connectivity index (χ1) is 12.8. The first-order valence-electron chi connectivity index (χ1n) is 8.30. The van der Waals surface area contributed by atoms with Crippen LogP contribution < -0.4 is 0 Å². The van der Waals surface area contributed by atoms with Crippen molar-refractivity contribution in [2.45, 2.75) is 0 Å². The Balaban J connectivity index is 1.73. The Hall–Kier alpha value is -3.73. The van der Waals surface area contributed by atoms with Gasteiger partial charge in [0.15, 0.2) is 11.5 Å². The van der Waals surface area contributed by atoms with E-state index in [9.17, 15) is 5.11 Å². The van der Waals surface area contributed by atoms with Crippen LogP contribution in [0.2, 0.25) is 0 Å². The molecule has 5 rings (SSSR count). The second-order valence-electron chi connectivity index (χ2n) is 6.07. The molecule has 0 radical (unpaired) electrons. The number of nitrogens with zero attached hydrogens (tertiary/aromatic N) is 3. The molecule has 0 aliphatic carbocycles. The lowest BCUT2D eigenvalue weighted by Gasteiger charge is -2.05. The number of para-hydroxylation sites is 2. The Morgan fingerprint density at radius 3 is 2.19 bits per heavy atom.